The van der Waals surface area contributed by atoms with Gasteiger partial charge in [0, 0.05) is 24.7 Å². The van der Waals surface area contributed by atoms with Gasteiger partial charge in [0.25, 0.3) is 6.41 Å². The van der Waals surface area contributed by atoms with Gasteiger partial charge < -0.3 is 25.6 Å². The Balaban J connectivity index is 1.24. The molecule has 6 rings (SSSR count). The summed E-state index contributed by atoms with van der Waals surface area (Å²) in [6.45, 7) is 2.66. The molecule has 1 aromatic carbocycles. The van der Waals surface area contributed by atoms with Gasteiger partial charge in [-0.1, -0.05) is 37.6 Å². The van der Waals surface area contributed by atoms with Crippen LogP contribution in [-0.2, 0) is 4.84 Å². The molecule has 228 valence electrons. The number of imidazole rings is 1. The summed E-state index contributed by atoms with van der Waals surface area (Å²) in [5.74, 6) is 6.11. The van der Waals surface area contributed by atoms with Crippen molar-refractivity contribution in [2.45, 2.75) is 101 Å². The maximum atomic E-state index is 15.4. The van der Waals surface area contributed by atoms with E-state index in [-0.39, 0.29) is 29.7 Å². The molecule has 1 aromatic heterocycles. The number of aromatic amines is 1. The fourth-order valence-corrected chi connectivity index (χ4v) is 6.91. The SMILES string of the molecule is CC1CCC[C@H](N2CCC(c3cccc(C4CC4)c3F)CC2O)c2ncc([nH]2)C2=CC=C(NC(O)ON)CC2NC1O. The highest BCUT2D eigenvalue weighted by atomic mass is 19.1. The van der Waals surface area contributed by atoms with Crippen molar-refractivity contribution < 1.29 is 24.5 Å². The van der Waals surface area contributed by atoms with Crippen molar-refractivity contribution in [1.82, 2.24) is 25.5 Å². The minimum absolute atomic E-state index is 0.00878. The van der Waals surface area contributed by atoms with Gasteiger partial charge in [0.05, 0.1) is 17.9 Å². The normalized spacial score (nSPS) is 31.7. The van der Waals surface area contributed by atoms with E-state index < -0.39 is 18.9 Å². The van der Waals surface area contributed by atoms with Crippen LogP contribution in [0.25, 0.3) is 5.57 Å². The average Bonchev–Trinajstić information content (AvgIpc) is 3.71. The molecule has 8 N–H and O–H groups in total. The third-order valence-corrected chi connectivity index (χ3v) is 9.50. The minimum atomic E-state index is -1.34. The van der Waals surface area contributed by atoms with Crippen LogP contribution >= 0.6 is 0 Å². The van der Waals surface area contributed by atoms with Crippen molar-refractivity contribution in [3.63, 3.8) is 0 Å². The van der Waals surface area contributed by atoms with Gasteiger partial charge in [0.2, 0.25) is 0 Å². The molecule has 7 atom stereocenters. The second-order valence-corrected chi connectivity index (χ2v) is 12.4. The number of nitrogens with one attached hydrogen (secondary N) is 3. The number of allylic oxidation sites excluding steroid dienone is 2. The number of fused-ring (bicyclic) bond motifs is 4. The highest BCUT2D eigenvalue weighted by Crippen LogP contribution is 2.44. The van der Waals surface area contributed by atoms with E-state index in [1.54, 1.807) is 6.20 Å². The van der Waals surface area contributed by atoms with Crippen LogP contribution in [0.1, 0.15) is 98.8 Å². The molecule has 1 saturated heterocycles. The lowest BCUT2D eigenvalue weighted by Crippen LogP contribution is -2.46. The Morgan fingerprint density at radius 2 is 1.90 bits per heavy atom. The van der Waals surface area contributed by atoms with E-state index in [9.17, 15) is 15.3 Å². The molecule has 2 aliphatic carbocycles. The molecule has 2 fully saturated rings. The summed E-state index contributed by atoms with van der Waals surface area (Å²) in [5.41, 5.74) is 4.02. The number of rotatable bonds is 6. The van der Waals surface area contributed by atoms with Crippen LogP contribution in [0.2, 0.25) is 0 Å². The molecule has 2 aliphatic heterocycles. The number of H-pyrrole nitrogens is 1. The van der Waals surface area contributed by atoms with Crippen LogP contribution in [0.3, 0.4) is 0 Å². The van der Waals surface area contributed by atoms with Crippen molar-refractivity contribution >= 4 is 5.57 Å². The Morgan fingerprint density at radius 1 is 1.12 bits per heavy atom. The summed E-state index contributed by atoms with van der Waals surface area (Å²) in [7, 11) is 0. The maximum Gasteiger partial charge on any atom is 0.252 e. The van der Waals surface area contributed by atoms with E-state index in [0.717, 1.165) is 66.7 Å². The lowest BCUT2D eigenvalue weighted by Gasteiger charge is -2.41. The molecule has 6 unspecified atom stereocenters. The predicted octanol–water partition coefficient (Wildman–Crippen LogP) is 3.19. The lowest BCUT2D eigenvalue weighted by molar-refractivity contribution is -0.117. The molecule has 2 aromatic rings. The topological polar surface area (TPSA) is 152 Å². The number of nitrogens with two attached hydrogens (primary N) is 1. The molecule has 0 radical (unpaired) electrons. The molecule has 11 heteroatoms. The Kier molecular flexibility index (Phi) is 8.78. The Bertz CT molecular complexity index is 1310. The minimum Gasteiger partial charge on any atom is -0.378 e. The number of nitrogens with zero attached hydrogens (tertiary/aromatic N) is 2. The molecular weight excluding hydrogens is 539 g/mol. The van der Waals surface area contributed by atoms with Crippen LogP contribution < -0.4 is 16.5 Å². The van der Waals surface area contributed by atoms with Gasteiger partial charge >= 0.3 is 0 Å². The summed E-state index contributed by atoms with van der Waals surface area (Å²) in [5, 5.41) is 38.4. The summed E-state index contributed by atoms with van der Waals surface area (Å²) < 4.78 is 15.4. The standard InChI is InChI=1S/C31H43FN6O4/c1-17-4-2-7-26(38-13-12-19(14-27(38)39)22-6-3-5-21(28(22)32)18-8-9-18)29-34-16-25(36-29)23-11-10-20(35-31(41)42-33)15-24(23)37-30(17)40/h3,5-6,10-11,16-19,24,26-27,30-31,35,37,39-41H,2,4,7-9,12-15,33H2,1H3,(H,34,36)/t17?,19?,24?,26-,27?,30?,31?/m0/s1. The van der Waals surface area contributed by atoms with E-state index in [4.69, 9.17) is 10.9 Å². The van der Waals surface area contributed by atoms with Gasteiger partial charge in [0.15, 0.2) is 0 Å². The van der Waals surface area contributed by atoms with Crippen molar-refractivity contribution in [2.24, 2.45) is 11.8 Å². The van der Waals surface area contributed by atoms with Gasteiger partial charge in [-0.3, -0.25) is 15.1 Å². The van der Waals surface area contributed by atoms with Crippen LogP contribution in [0, 0.1) is 11.7 Å². The average molecular weight is 583 g/mol. The third kappa shape index (κ3) is 6.19. The van der Waals surface area contributed by atoms with Crippen LogP contribution in [0.4, 0.5) is 4.39 Å². The smallest absolute Gasteiger partial charge is 0.252 e. The molecule has 0 amide bonds. The molecule has 2 bridgehead atoms. The fourth-order valence-electron chi connectivity index (χ4n) is 6.91. The highest BCUT2D eigenvalue weighted by Gasteiger charge is 2.37. The molecule has 1 saturated carbocycles. The third-order valence-electron chi connectivity index (χ3n) is 9.50. The first-order valence-electron chi connectivity index (χ1n) is 15.2. The molecule has 42 heavy (non-hydrogen) atoms. The van der Waals surface area contributed by atoms with Crippen molar-refractivity contribution in [2.75, 3.05) is 6.54 Å². The van der Waals surface area contributed by atoms with Gasteiger partial charge in [-0.05, 0) is 79.1 Å². The first kappa shape index (κ1) is 29.4. The zero-order chi connectivity index (χ0) is 29.4. The Hall–Kier alpha value is -2.64. The van der Waals surface area contributed by atoms with Crippen LogP contribution in [-0.4, -0.2) is 61.6 Å². The number of halogens is 1. The van der Waals surface area contributed by atoms with E-state index in [1.807, 2.05) is 37.3 Å². The number of aliphatic hydroxyl groups is 3. The van der Waals surface area contributed by atoms with Gasteiger partial charge in [-0.15, -0.1) is 0 Å². The second kappa shape index (κ2) is 12.5. The first-order valence-corrected chi connectivity index (χ1v) is 15.2. The number of aliphatic hydroxyl groups excluding tert-OH is 3. The van der Waals surface area contributed by atoms with E-state index in [2.05, 4.69) is 25.4 Å². The lowest BCUT2D eigenvalue weighted by atomic mass is 9.85. The fraction of sp³-hybridized carbons (Fsp3) is 0.581. The summed E-state index contributed by atoms with van der Waals surface area (Å²) in [4.78, 5) is 14.8. The monoisotopic (exact) mass is 582 g/mol. The summed E-state index contributed by atoms with van der Waals surface area (Å²) in [6.07, 6.45) is 8.98. The van der Waals surface area contributed by atoms with Crippen molar-refractivity contribution in [3.05, 3.63) is 70.7 Å². The van der Waals surface area contributed by atoms with E-state index in [0.29, 0.717) is 31.0 Å². The van der Waals surface area contributed by atoms with Crippen LogP contribution in [0.15, 0.2) is 42.2 Å². The largest absolute Gasteiger partial charge is 0.378 e. The number of likely N-dealkylation sites (tertiary alicyclic amines) is 1. The van der Waals surface area contributed by atoms with Gasteiger partial charge in [-0.25, -0.2) is 15.3 Å². The number of aromatic nitrogens is 2. The highest BCUT2D eigenvalue weighted by molar-refractivity contribution is 5.70. The van der Waals surface area contributed by atoms with Crippen LogP contribution in [0.5, 0.6) is 0 Å². The molecule has 4 aliphatic rings. The maximum absolute atomic E-state index is 15.4. The first-order chi connectivity index (χ1) is 20.3. The molecule has 0 spiro atoms. The number of piperidine rings is 1. The summed E-state index contributed by atoms with van der Waals surface area (Å²) >= 11 is 0. The number of hydrogen-bond donors (Lipinski definition) is 7. The second-order valence-electron chi connectivity index (χ2n) is 12.4. The number of benzene rings is 1. The quantitative estimate of drug-likeness (QED) is 0.201. The van der Waals surface area contributed by atoms with E-state index in [1.165, 1.54) is 0 Å². The number of hydrogen-bond acceptors (Lipinski definition) is 9. The van der Waals surface area contributed by atoms with Gasteiger partial charge in [0.1, 0.15) is 24.1 Å². The van der Waals surface area contributed by atoms with E-state index >= 15 is 4.39 Å². The molecule has 10 nitrogen and oxygen atoms in total. The predicted molar refractivity (Wildman–Crippen MR) is 155 cm³/mol. The zero-order valence-electron chi connectivity index (χ0n) is 24.0. The zero-order valence-corrected chi connectivity index (χ0v) is 24.0. The Morgan fingerprint density at radius 3 is 2.64 bits per heavy atom. The summed E-state index contributed by atoms with van der Waals surface area (Å²) in [6, 6.07) is 5.36. The van der Waals surface area contributed by atoms with Crippen molar-refractivity contribution in [1.29, 1.82) is 0 Å². The molecular formula is C31H43FN6O4. The van der Waals surface area contributed by atoms with Gasteiger partial charge in [-0.2, -0.15) is 0 Å². The Labute approximate surface area is 245 Å². The molecule has 3 heterocycles. The van der Waals surface area contributed by atoms with Crippen molar-refractivity contribution in [3.8, 4) is 0 Å².